The van der Waals surface area contributed by atoms with Crippen LogP contribution in [-0.4, -0.2) is 16.6 Å². The maximum absolute atomic E-state index is 5.46. The number of benzene rings is 2. The lowest BCUT2D eigenvalue weighted by atomic mass is 10.2. The summed E-state index contributed by atoms with van der Waals surface area (Å²) < 4.78 is 5.46. The van der Waals surface area contributed by atoms with Gasteiger partial charge in [-0.25, -0.2) is 4.98 Å². The van der Waals surface area contributed by atoms with E-state index in [0.29, 0.717) is 12.6 Å². The van der Waals surface area contributed by atoms with Gasteiger partial charge in [-0.05, 0) is 57.2 Å². The van der Waals surface area contributed by atoms with Gasteiger partial charge >= 0.3 is 0 Å². The number of nitrogens with zero attached hydrogens (tertiary/aromatic N) is 2. The highest BCUT2D eigenvalue weighted by atomic mass is 16.5. The Morgan fingerprint density at radius 2 is 1.48 bits per heavy atom. The molecule has 0 aliphatic carbocycles. The molecule has 0 saturated carbocycles. The maximum atomic E-state index is 5.46. The number of hydrogen-bond donors (Lipinski definition) is 2. The van der Waals surface area contributed by atoms with Crippen molar-refractivity contribution in [2.75, 3.05) is 17.2 Å². The van der Waals surface area contributed by atoms with E-state index in [0.717, 1.165) is 28.6 Å². The molecule has 0 spiro atoms. The van der Waals surface area contributed by atoms with Gasteiger partial charge < -0.3 is 15.4 Å². The van der Waals surface area contributed by atoms with Gasteiger partial charge in [-0.1, -0.05) is 17.7 Å². The Kier molecular flexibility index (Phi) is 5.14. The molecule has 1 heterocycles. The number of rotatable bonds is 6. The molecule has 0 radical (unpaired) electrons. The fourth-order valence-electron chi connectivity index (χ4n) is 2.40. The van der Waals surface area contributed by atoms with Crippen LogP contribution in [0.1, 0.15) is 18.2 Å². The molecule has 0 amide bonds. The van der Waals surface area contributed by atoms with Crippen LogP contribution in [0.5, 0.6) is 5.75 Å². The zero-order valence-corrected chi connectivity index (χ0v) is 14.7. The smallest absolute Gasteiger partial charge is 0.229 e. The van der Waals surface area contributed by atoms with E-state index in [4.69, 9.17) is 4.74 Å². The van der Waals surface area contributed by atoms with Gasteiger partial charge in [0.25, 0.3) is 0 Å². The van der Waals surface area contributed by atoms with Gasteiger partial charge in [0.2, 0.25) is 5.95 Å². The first-order valence-corrected chi connectivity index (χ1v) is 8.31. The highest BCUT2D eigenvalue weighted by molar-refractivity contribution is 5.60. The Morgan fingerprint density at radius 3 is 2.16 bits per heavy atom. The standard InChI is InChI=1S/C20H22N4O/c1-4-25-18-11-9-17(10-12-18)23-20-21-15(3)13-19(24-20)22-16-7-5-14(2)6-8-16/h5-13H,4H2,1-3H3,(H2,21,22,23,24). The molecular formula is C20H22N4O. The van der Waals surface area contributed by atoms with E-state index in [1.807, 2.05) is 56.3 Å². The summed E-state index contributed by atoms with van der Waals surface area (Å²) >= 11 is 0. The van der Waals surface area contributed by atoms with Crippen molar-refractivity contribution in [3.05, 3.63) is 65.9 Å². The van der Waals surface area contributed by atoms with Crippen molar-refractivity contribution in [2.45, 2.75) is 20.8 Å². The first kappa shape index (κ1) is 16.8. The van der Waals surface area contributed by atoms with Gasteiger partial charge in [0.15, 0.2) is 0 Å². The van der Waals surface area contributed by atoms with E-state index in [-0.39, 0.29) is 0 Å². The van der Waals surface area contributed by atoms with E-state index >= 15 is 0 Å². The third kappa shape index (κ3) is 4.70. The molecule has 0 aliphatic rings. The number of nitrogens with one attached hydrogen (secondary N) is 2. The molecule has 0 unspecified atom stereocenters. The minimum atomic E-state index is 0.554. The molecule has 0 saturated heterocycles. The topological polar surface area (TPSA) is 59.1 Å². The summed E-state index contributed by atoms with van der Waals surface area (Å²) in [5.74, 6) is 2.16. The van der Waals surface area contributed by atoms with Crippen molar-refractivity contribution in [1.82, 2.24) is 9.97 Å². The van der Waals surface area contributed by atoms with E-state index in [9.17, 15) is 0 Å². The third-order valence-electron chi connectivity index (χ3n) is 3.60. The highest BCUT2D eigenvalue weighted by Gasteiger charge is 2.04. The Balaban J connectivity index is 1.75. The minimum absolute atomic E-state index is 0.554. The predicted octanol–water partition coefficient (Wildman–Crippen LogP) is 4.98. The molecule has 2 aromatic carbocycles. The minimum Gasteiger partial charge on any atom is -0.494 e. The zero-order chi connectivity index (χ0) is 17.6. The SMILES string of the molecule is CCOc1ccc(Nc2nc(C)cc(Nc3ccc(C)cc3)n2)cc1. The summed E-state index contributed by atoms with van der Waals surface area (Å²) in [6.07, 6.45) is 0. The van der Waals surface area contributed by atoms with E-state index in [1.165, 1.54) is 5.56 Å². The Hall–Kier alpha value is -3.08. The van der Waals surface area contributed by atoms with Gasteiger partial charge in [-0.2, -0.15) is 4.98 Å². The summed E-state index contributed by atoms with van der Waals surface area (Å²) in [5, 5.41) is 6.54. The van der Waals surface area contributed by atoms with Crippen molar-refractivity contribution in [3.8, 4) is 5.75 Å². The molecule has 0 atom stereocenters. The quantitative estimate of drug-likeness (QED) is 0.666. The molecule has 3 rings (SSSR count). The summed E-state index contributed by atoms with van der Waals surface area (Å²) in [6, 6.07) is 17.9. The molecular weight excluding hydrogens is 312 g/mol. The lowest BCUT2D eigenvalue weighted by Gasteiger charge is -2.11. The third-order valence-corrected chi connectivity index (χ3v) is 3.60. The van der Waals surface area contributed by atoms with Crippen LogP contribution in [0.2, 0.25) is 0 Å². The maximum Gasteiger partial charge on any atom is 0.229 e. The normalized spacial score (nSPS) is 10.4. The van der Waals surface area contributed by atoms with Crippen molar-refractivity contribution in [3.63, 3.8) is 0 Å². The second kappa shape index (κ2) is 7.66. The van der Waals surface area contributed by atoms with Crippen LogP contribution >= 0.6 is 0 Å². The number of anilines is 4. The van der Waals surface area contributed by atoms with Crippen LogP contribution in [0.3, 0.4) is 0 Å². The lowest BCUT2D eigenvalue weighted by Crippen LogP contribution is -2.02. The van der Waals surface area contributed by atoms with Crippen LogP contribution in [0.4, 0.5) is 23.1 Å². The summed E-state index contributed by atoms with van der Waals surface area (Å²) in [4.78, 5) is 8.99. The summed E-state index contributed by atoms with van der Waals surface area (Å²) in [6.45, 7) is 6.64. The average molecular weight is 334 g/mol. The summed E-state index contributed by atoms with van der Waals surface area (Å²) in [7, 11) is 0. The Labute approximate surface area is 148 Å². The van der Waals surface area contributed by atoms with Crippen LogP contribution in [0, 0.1) is 13.8 Å². The predicted molar refractivity (Wildman–Crippen MR) is 102 cm³/mol. The number of aryl methyl sites for hydroxylation is 2. The molecule has 1 aromatic heterocycles. The van der Waals surface area contributed by atoms with Crippen LogP contribution in [0.15, 0.2) is 54.6 Å². The van der Waals surface area contributed by atoms with Crippen molar-refractivity contribution >= 4 is 23.1 Å². The largest absolute Gasteiger partial charge is 0.494 e. The van der Waals surface area contributed by atoms with Gasteiger partial charge in [0.05, 0.1) is 6.61 Å². The number of hydrogen-bond acceptors (Lipinski definition) is 5. The average Bonchev–Trinajstić information content (AvgIpc) is 2.58. The molecule has 3 aromatic rings. The Morgan fingerprint density at radius 1 is 0.840 bits per heavy atom. The second-order valence-corrected chi connectivity index (χ2v) is 5.79. The highest BCUT2D eigenvalue weighted by Crippen LogP contribution is 2.21. The molecule has 0 aliphatic heterocycles. The van der Waals surface area contributed by atoms with E-state index in [1.54, 1.807) is 0 Å². The first-order valence-electron chi connectivity index (χ1n) is 8.31. The monoisotopic (exact) mass is 334 g/mol. The number of ether oxygens (including phenoxy) is 1. The second-order valence-electron chi connectivity index (χ2n) is 5.79. The van der Waals surface area contributed by atoms with Gasteiger partial charge in [0.1, 0.15) is 11.6 Å². The first-order chi connectivity index (χ1) is 12.1. The fraction of sp³-hybridized carbons (Fsp3) is 0.200. The Bertz CT molecular complexity index is 829. The van der Waals surface area contributed by atoms with E-state index < -0.39 is 0 Å². The van der Waals surface area contributed by atoms with Gasteiger partial charge in [-0.15, -0.1) is 0 Å². The van der Waals surface area contributed by atoms with E-state index in [2.05, 4.69) is 39.7 Å². The van der Waals surface area contributed by atoms with Crippen molar-refractivity contribution in [1.29, 1.82) is 0 Å². The fourth-order valence-corrected chi connectivity index (χ4v) is 2.40. The molecule has 0 bridgehead atoms. The molecule has 5 nitrogen and oxygen atoms in total. The molecule has 25 heavy (non-hydrogen) atoms. The lowest BCUT2D eigenvalue weighted by molar-refractivity contribution is 0.340. The van der Waals surface area contributed by atoms with Gasteiger partial charge in [0, 0.05) is 23.1 Å². The van der Waals surface area contributed by atoms with Crippen LogP contribution in [-0.2, 0) is 0 Å². The molecule has 5 heteroatoms. The molecule has 0 fully saturated rings. The molecule has 2 N–H and O–H groups in total. The number of aromatic nitrogens is 2. The van der Waals surface area contributed by atoms with Crippen molar-refractivity contribution in [2.24, 2.45) is 0 Å². The van der Waals surface area contributed by atoms with Crippen LogP contribution < -0.4 is 15.4 Å². The van der Waals surface area contributed by atoms with Crippen LogP contribution in [0.25, 0.3) is 0 Å². The molecule has 128 valence electrons. The van der Waals surface area contributed by atoms with Crippen molar-refractivity contribution < 1.29 is 4.74 Å². The van der Waals surface area contributed by atoms with Gasteiger partial charge in [-0.3, -0.25) is 0 Å². The summed E-state index contributed by atoms with van der Waals surface area (Å²) in [5.41, 5.74) is 4.02. The zero-order valence-electron chi connectivity index (χ0n) is 14.7.